The van der Waals surface area contributed by atoms with Gasteiger partial charge in [0.25, 0.3) is 5.56 Å². The molecule has 6 nitrogen and oxygen atoms in total. The molecule has 0 bridgehead atoms. The number of carbonyl (C=O) groups is 1. The average Bonchev–Trinajstić information content (AvgIpc) is 3.05. The van der Waals surface area contributed by atoms with E-state index in [1.165, 1.54) is 17.5 Å². The van der Waals surface area contributed by atoms with E-state index in [9.17, 15) is 9.59 Å². The summed E-state index contributed by atoms with van der Waals surface area (Å²) in [7, 11) is 0. The third-order valence-corrected chi connectivity index (χ3v) is 5.88. The summed E-state index contributed by atoms with van der Waals surface area (Å²) in [5.41, 5.74) is 1.65. The molecule has 1 aliphatic rings. The van der Waals surface area contributed by atoms with Crippen LogP contribution in [0, 0.1) is 0 Å². The molecular weight excluding hydrogens is 388 g/mol. The van der Waals surface area contributed by atoms with Crippen molar-refractivity contribution in [2.45, 2.75) is 52.0 Å². The van der Waals surface area contributed by atoms with Gasteiger partial charge < -0.3 is 10.2 Å². The number of aromatic nitrogens is 2. The number of hydrogen-bond donors (Lipinski definition) is 1. The highest BCUT2D eigenvalue weighted by atomic mass is 16.2. The summed E-state index contributed by atoms with van der Waals surface area (Å²) in [6.45, 7) is 5.96. The molecule has 1 fully saturated rings. The van der Waals surface area contributed by atoms with Crippen LogP contribution in [0.15, 0.2) is 53.3 Å². The number of amides is 1. The number of hydrogen-bond acceptors (Lipinski definition) is 4. The Balaban J connectivity index is 1.64. The normalized spacial score (nSPS) is 14.6. The Hall–Kier alpha value is -3.15. The van der Waals surface area contributed by atoms with Crippen molar-refractivity contribution in [2.24, 2.45) is 0 Å². The van der Waals surface area contributed by atoms with Crippen LogP contribution in [0.5, 0.6) is 0 Å². The predicted molar refractivity (Wildman–Crippen MR) is 126 cm³/mol. The molecular formula is C25H30N4O2. The molecule has 0 radical (unpaired) electrons. The molecule has 162 valence electrons. The molecule has 4 rings (SSSR count). The van der Waals surface area contributed by atoms with Crippen molar-refractivity contribution in [1.29, 1.82) is 0 Å². The smallest absolute Gasteiger partial charge is 0.275 e. The van der Waals surface area contributed by atoms with Crippen LogP contribution in [0.25, 0.3) is 10.8 Å². The minimum absolute atomic E-state index is 0.115. The number of benzene rings is 2. The first-order chi connectivity index (χ1) is 15.0. The topological polar surface area (TPSA) is 67.2 Å². The highest BCUT2D eigenvalue weighted by Gasteiger charge is 2.18. The van der Waals surface area contributed by atoms with Crippen molar-refractivity contribution in [1.82, 2.24) is 9.78 Å². The number of nitrogens with one attached hydrogen (secondary N) is 1. The summed E-state index contributed by atoms with van der Waals surface area (Å²) in [4.78, 5) is 28.1. The third-order valence-electron chi connectivity index (χ3n) is 5.88. The van der Waals surface area contributed by atoms with Gasteiger partial charge in [-0.25, -0.2) is 4.68 Å². The molecule has 1 N–H and O–H groups in total. The number of rotatable bonds is 5. The molecule has 1 saturated heterocycles. The molecule has 1 aliphatic heterocycles. The maximum atomic E-state index is 13.1. The van der Waals surface area contributed by atoms with Gasteiger partial charge in [-0.05, 0) is 42.5 Å². The zero-order valence-corrected chi connectivity index (χ0v) is 18.3. The van der Waals surface area contributed by atoms with Crippen LogP contribution in [0.3, 0.4) is 0 Å². The van der Waals surface area contributed by atoms with Crippen LogP contribution in [0.2, 0.25) is 0 Å². The van der Waals surface area contributed by atoms with E-state index < -0.39 is 0 Å². The second kappa shape index (κ2) is 9.33. The molecule has 0 saturated carbocycles. The largest absolute Gasteiger partial charge is 0.355 e. The van der Waals surface area contributed by atoms with E-state index in [2.05, 4.69) is 29.2 Å². The maximum Gasteiger partial charge on any atom is 0.275 e. The molecule has 0 aliphatic carbocycles. The first kappa shape index (κ1) is 21.1. The fourth-order valence-electron chi connectivity index (χ4n) is 4.15. The predicted octanol–water partition coefficient (Wildman–Crippen LogP) is 4.54. The maximum absolute atomic E-state index is 13.1. The highest BCUT2D eigenvalue weighted by molar-refractivity contribution is 5.93. The van der Waals surface area contributed by atoms with Crippen LogP contribution < -0.4 is 15.8 Å². The molecule has 0 spiro atoms. The number of carbonyl (C=O) groups excluding carboxylic acids is 1. The first-order valence-electron chi connectivity index (χ1n) is 11.2. The van der Waals surface area contributed by atoms with Crippen LogP contribution in [-0.2, 0) is 11.3 Å². The molecule has 6 heteroatoms. The molecule has 3 aromatic rings. The lowest BCUT2D eigenvalue weighted by atomic mass is 10.0. The standard InChI is InChI=1S/C25H30N4O2/c1-18(2)19-10-9-11-20(16-19)26-23(30)17-29-25(31)22-13-6-5-12-21(22)24(27-29)28-14-7-3-4-8-15-28/h5-6,9-13,16,18H,3-4,7-8,14-15,17H2,1-2H3,(H,26,30). The number of nitrogens with zero attached hydrogens (tertiary/aromatic N) is 3. The van der Waals surface area contributed by atoms with Crippen molar-refractivity contribution in [2.75, 3.05) is 23.3 Å². The van der Waals surface area contributed by atoms with Gasteiger partial charge in [0.1, 0.15) is 6.54 Å². The number of anilines is 2. The summed E-state index contributed by atoms with van der Waals surface area (Å²) in [5, 5.41) is 9.04. The second-order valence-electron chi connectivity index (χ2n) is 8.56. The zero-order valence-electron chi connectivity index (χ0n) is 18.3. The fraction of sp³-hybridized carbons (Fsp3) is 0.400. The molecule has 2 heterocycles. The van der Waals surface area contributed by atoms with Gasteiger partial charge in [-0.3, -0.25) is 9.59 Å². The van der Waals surface area contributed by atoms with Gasteiger partial charge in [-0.2, -0.15) is 5.10 Å². The average molecular weight is 419 g/mol. The van der Waals surface area contributed by atoms with Crippen molar-refractivity contribution < 1.29 is 4.79 Å². The Morgan fingerprint density at radius 2 is 1.71 bits per heavy atom. The quantitative estimate of drug-likeness (QED) is 0.661. The van der Waals surface area contributed by atoms with E-state index in [0.717, 1.165) is 48.4 Å². The van der Waals surface area contributed by atoms with Gasteiger partial charge in [0, 0.05) is 24.2 Å². The van der Waals surface area contributed by atoms with E-state index in [-0.39, 0.29) is 18.0 Å². The Morgan fingerprint density at radius 1 is 1.00 bits per heavy atom. The molecule has 31 heavy (non-hydrogen) atoms. The van der Waals surface area contributed by atoms with E-state index in [4.69, 9.17) is 0 Å². The van der Waals surface area contributed by atoms with E-state index >= 15 is 0 Å². The summed E-state index contributed by atoms with van der Waals surface area (Å²) < 4.78 is 1.31. The van der Waals surface area contributed by atoms with E-state index in [0.29, 0.717) is 11.3 Å². The molecule has 1 aromatic heterocycles. The Labute approximate surface area is 182 Å². The van der Waals surface area contributed by atoms with E-state index in [1.54, 1.807) is 0 Å². The Bertz CT molecular complexity index is 1130. The van der Waals surface area contributed by atoms with Gasteiger partial charge in [-0.1, -0.05) is 57.0 Å². The lowest BCUT2D eigenvalue weighted by Gasteiger charge is -2.23. The van der Waals surface area contributed by atoms with Crippen LogP contribution in [-0.4, -0.2) is 28.8 Å². The SMILES string of the molecule is CC(C)c1cccc(NC(=O)Cn2nc(N3CCCCCC3)c3ccccc3c2=O)c1. The summed E-state index contributed by atoms with van der Waals surface area (Å²) >= 11 is 0. The summed E-state index contributed by atoms with van der Waals surface area (Å²) in [5.74, 6) is 0.914. The first-order valence-corrected chi connectivity index (χ1v) is 11.2. The zero-order chi connectivity index (χ0) is 21.8. The van der Waals surface area contributed by atoms with Crippen LogP contribution in [0.4, 0.5) is 11.5 Å². The number of fused-ring (bicyclic) bond motifs is 1. The summed E-state index contributed by atoms with van der Waals surface area (Å²) in [6, 6.07) is 15.4. The van der Waals surface area contributed by atoms with Crippen molar-refractivity contribution in [3.63, 3.8) is 0 Å². The van der Waals surface area contributed by atoms with Gasteiger partial charge in [0.2, 0.25) is 5.91 Å². The van der Waals surface area contributed by atoms with Gasteiger partial charge >= 0.3 is 0 Å². The monoisotopic (exact) mass is 418 g/mol. The fourth-order valence-corrected chi connectivity index (χ4v) is 4.15. The van der Waals surface area contributed by atoms with Gasteiger partial charge in [-0.15, -0.1) is 0 Å². The Kier molecular flexibility index (Phi) is 6.35. The molecule has 2 aromatic carbocycles. The van der Waals surface area contributed by atoms with Gasteiger partial charge in [0.05, 0.1) is 5.39 Å². The van der Waals surface area contributed by atoms with Crippen LogP contribution >= 0.6 is 0 Å². The molecule has 0 unspecified atom stereocenters. The van der Waals surface area contributed by atoms with Crippen molar-refractivity contribution in [3.8, 4) is 0 Å². The molecule has 0 atom stereocenters. The van der Waals surface area contributed by atoms with Crippen molar-refractivity contribution in [3.05, 3.63) is 64.4 Å². The lowest BCUT2D eigenvalue weighted by molar-refractivity contribution is -0.117. The molecule has 1 amide bonds. The minimum Gasteiger partial charge on any atom is -0.355 e. The van der Waals surface area contributed by atoms with E-state index in [1.807, 2.05) is 48.5 Å². The lowest BCUT2D eigenvalue weighted by Crippen LogP contribution is -2.33. The van der Waals surface area contributed by atoms with Crippen molar-refractivity contribution >= 4 is 28.2 Å². The second-order valence-corrected chi connectivity index (χ2v) is 8.56. The van der Waals surface area contributed by atoms with Gasteiger partial charge in [0.15, 0.2) is 5.82 Å². The highest BCUT2D eigenvalue weighted by Crippen LogP contribution is 2.25. The Morgan fingerprint density at radius 3 is 2.42 bits per heavy atom. The summed E-state index contributed by atoms with van der Waals surface area (Å²) in [6.07, 6.45) is 4.65. The minimum atomic E-state index is -0.257. The van der Waals surface area contributed by atoms with Crippen LogP contribution in [0.1, 0.15) is 51.0 Å². The third kappa shape index (κ3) is 4.79.